The predicted octanol–water partition coefficient (Wildman–Crippen LogP) is 3.58. The van der Waals surface area contributed by atoms with Gasteiger partial charge in [-0.25, -0.2) is 0 Å². The number of nitrogens with two attached hydrogens (primary N) is 1. The lowest BCUT2D eigenvalue weighted by molar-refractivity contribution is -0.136. The molecule has 1 aliphatic carbocycles. The number of hydrogen-bond acceptors (Lipinski definition) is 3. The number of carbonyl (C=O) groups excluding carboxylic acids is 1. The molecule has 0 bridgehead atoms. The number of likely N-dealkylation sites (tertiary alicyclic amines) is 1. The average Bonchev–Trinajstić information content (AvgIpc) is 3.54. The number of carbonyl (C=O) groups is 1. The molecule has 4 heteroatoms. The van der Waals surface area contributed by atoms with Crippen LogP contribution in [0, 0.1) is 0 Å². The molecular formula is C22H27N3O. The van der Waals surface area contributed by atoms with Crippen LogP contribution in [0.1, 0.15) is 60.8 Å². The van der Waals surface area contributed by atoms with E-state index in [2.05, 4.69) is 35.3 Å². The monoisotopic (exact) mass is 349 g/mol. The highest BCUT2D eigenvalue weighted by Gasteiger charge is 2.31. The third kappa shape index (κ3) is 3.80. The topological polar surface area (TPSA) is 59.2 Å². The first-order valence-corrected chi connectivity index (χ1v) is 9.77. The summed E-state index contributed by atoms with van der Waals surface area (Å²) in [6, 6.07) is 12.3. The third-order valence-corrected chi connectivity index (χ3v) is 5.66. The van der Waals surface area contributed by atoms with Crippen LogP contribution in [0.2, 0.25) is 0 Å². The van der Waals surface area contributed by atoms with Gasteiger partial charge in [0.25, 0.3) is 0 Å². The van der Waals surface area contributed by atoms with E-state index in [1.165, 1.54) is 18.4 Å². The summed E-state index contributed by atoms with van der Waals surface area (Å²) < 4.78 is 0. The van der Waals surface area contributed by atoms with E-state index in [0.29, 0.717) is 6.42 Å². The highest BCUT2D eigenvalue weighted by Crippen LogP contribution is 2.40. The Hall–Kier alpha value is -2.20. The lowest BCUT2D eigenvalue weighted by Gasteiger charge is -2.37. The Bertz CT molecular complexity index is 740. The summed E-state index contributed by atoms with van der Waals surface area (Å²) in [6.45, 7) is 0.784. The Balaban J connectivity index is 1.44. The van der Waals surface area contributed by atoms with E-state index in [1.54, 1.807) is 6.20 Å². The molecule has 4 nitrogen and oxygen atoms in total. The standard InChI is InChI=1S/C22H27N3O/c23-20(14-16-6-8-17(9-7-16)18-10-11-18)22(26)25-13-2-1-5-21(25)19-4-3-12-24-15-19/h3-4,6-9,12,15,18,20-21H,1-2,5,10-11,13-14,23H2/t20-,21+/m0/s1. The van der Waals surface area contributed by atoms with Gasteiger partial charge in [0.1, 0.15) is 0 Å². The molecule has 0 radical (unpaired) electrons. The number of aromatic nitrogens is 1. The molecule has 4 rings (SSSR count). The molecule has 26 heavy (non-hydrogen) atoms. The molecule has 136 valence electrons. The van der Waals surface area contributed by atoms with Crippen LogP contribution < -0.4 is 5.73 Å². The molecular weight excluding hydrogens is 322 g/mol. The number of amides is 1. The zero-order chi connectivity index (χ0) is 17.9. The summed E-state index contributed by atoms with van der Waals surface area (Å²) >= 11 is 0. The fourth-order valence-corrected chi connectivity index (χ4v) is 4.01. The molecule has 1 aliphatic heterocycles. The fourth-order valence-electron chi connectivity index (χ4n) is 4.01. The van der Waals surface area contributed by atoms with Gasteiger partial charge in [0.15, 0.2) is 0 Å². The minimum atomic E-state index is -0.487. The van der Waals surface area contributed by atoms with E-state index in [9.17, 15) is 4.79 Å². The van der Waals surface area contributed by atoms with Crippen LogP contribution in [0.25, 0.3) is 0 Å². The number of benzene rings is 1. The van der Waals surface area contributed by atoms with Crippen LogP contribution in [0.4, 0.5) is 0 Å². The lowest BCUT2D eigenvalue weighted by Crippen LogP contribution is -2.48. The first-order valence-electron chi connectivity index (χ1n) is 9.77. The van der Waals surface area contributed by atoms with E-state index in [4.69, 9.17) is 5.73 Å². The van der Waals surface area contributed by atoms with Gasteiger partial charge in [-0.3, -0.25) is 9.78 Å². The Kier molecular flexibility index (Phi) is 5.02. The van der Waals surface area contributed by atoms with Crippen molar-refractivity contribution >= 4 is 5.91 Å². The van der Waals surface area contributed by atoms with Crippen molar-refractivity contribution in [1.82, 2.24) is 9.88 Å². The smallest absolute Gasteiger partial charge is 0.240 e. The van der Waals surface area contributed by atoms with Gasteiger partial charge in [-0.2, -0.15) is 0 Å². The molecule has 1 saturated heterocycles. The van der Waals surface area contributed by atoms with E-state index >= 15 is 0 Å². The second kappa shape index (κ2) is 7.58. The second-order valence-corrected chi connectivity index (χ2v) is 7.66. The van der Waals surface area contributed by atoms with Crippen molar-refractivity contribution in [3.63, 3.8) is 0 Å². The van der Waals surface area contributed by atoms with Gasteiger partial charge in [-0.15, -0.1) is 0 Å². The Morgan fingerprint density at radius 2 is 1.92 bits per heavy atom. The maximum atomic E-state index is 13.1. The molecule has 0 spiro atoms. The van der Waals surface area contributed by atoms with Gasteiger partial charge in [0.2, 0.25) is 5.91 Å². The van der Waals surface area contributed by atoms with Gasteiger partial charge in [-0.1, -0.05) is 30.3 Å². The molecule has 2 heterocycles. The second-order valence-electron chi connectivity index (χ2n) is 7.66. The minimum Gasteiger partial charge on any atom is -0.334 e. The minimum absolute atomic E-state index is 0.0600. The summed E-state index contributed by atoms with van der Waals surface area (Å²) in [5.41, 5.74) is 10.00. The van der Waals surface area contributed by atoms with Gasteiger partial charge in [-0.05, 0) is 67.2 Å². The predicted molar refractivity (Wildman–Crippen MR) is 103 cm³/mol. The molecule has 1 saturated carbocycles. The number of rotatable bonds is 5. The molecule has 2 fully saturated rings. The first-order chi connectivity index (χ1) is 12.7. The van der Waals surface area contributed by atoms with Gasteiger partial charge in [0, 0.05) is 18.9 Å². The van der Waals surface area contributed by atoms with Crippen LogP contribution in [0.3, 0.4) is 0 Å². The molecule has 1 amide bonds. The summed E-state index contributed by atoms with van der Waals surface area (Å²) in [7, 11) is 0. The zero-order valence-electron chi connectivity index (χ0n) is 15.2. The number of pyridine rings is 1. The molecule has 2 aliphatic rings. The maximum absolute atomic E-state index is 13.1. The fraction of sp³-hybridized carbons (Fsp3) is 0.455. The SMILES string of the molecule is N[C@@H](Cc1ccc(C2CC2)cc1)C(=O)N1CCCC[C@@H]1c1cccnc1. The summed E-state index contributed by atoms with van der Waals surface area (Å²) in [5, 5.41) is 0. The van der Waals surface area contributed by atoms with Crippen LogP contribution in [-0.2, 0) is 11.2 Å². The average molecular weight is 349 g/mol. The zero-order valence-corrected chi connectivity index (χ0v) is 15.2. The van der Waals surface area contributed by atoms with Crippen LogP contribution >= 0.6 is 0 Å². The molecule has 2 N–H and O–H groups in total. The van der Waals surface area contributed by atoms with Crippen molar-refractivity contribution in [3.05, 3.63) is 65.5 Å². The van der Waals surface area contributed by atoms with E-state index < -0.39 is 6.04 Å². The van der Waals surface area contributed by atoms with E-state index in [-0.39, 0.29) is 11.9 Å². The van der Waals surface area contributed by atoms with Crippen molar-refractivity contribution in [2.75, 3.05) is 6.54 Å². The molecule has 0 unspecified atom stereocenters. The van der Waals surface area contributed by atoms with Crippen molar-refractivity contribution in [2.45, 2.75) is 56.5 Å². The molecule has 2 aromatic rings. The van der Waals surface area contributed by atoms with Crippen molar-refractivity contribution < 1.29 is 4.79 Å². The van der Waals surface area contributed by atoms with E-state index in [0.717, 1.165) is 42.9 Å². The maximum Gasteiger partial charge on any atom is 0.240 e. The van der Waals surface area contributed by atoms with Gasteiger partial charge < -0.3 is 10.6 Å². The molecule has 2 atom stereocenters. The number of piperidine rings is 1. The third-order valence-electron chi connectivity index (χ3n) is 5.66. The summed E-state index contributed by atoms with van der Waals surface area (Å²) in [6.07, 6.45) is 10.0. The number of hydrogen-bond donors (Lipinski definition) is 1. The lowest BCUT2D eigenvalue weighted by atomic mass is 9.94. The van der Waals surface area contributed by atoms with E-state index in [1.807, 2.05) is 17.2 Å². The first kappa shape index (κ1) is 17.2. The summed E-state index contributed by atoms with van der Waals surface area (Å²) in [5.74, 6) is 0.817. The van der Waals surface area contributed by atoms with Crippen LogP contribution in [-0.4, -0.2) is 28.4 Å². The Morgan fingerprint density at radius 1 is 1.12 bits per heavy atom. The van der Waals surface area contributed by atoms with Crippen molar-refractivity contribution in [2.24, 2.45) is 5.73 Å². The van der Waals surface area contributed by atoms with Crippen LogP contribution in [0.15, 0.2) is 48.8 Å². The summed E-state index contributed by atoms with van der Waals surface area (Å²) in [4.78, 5) is 19.3. The van der Waals surface area contributed by atoms with Crippen LogP contribution in [0.5, 0.6) is 0 Å². The number of nitrogens with zero attached hydrogens (tertiary/aromatic N) is 2. The Morgan fingerprint density at radius 3 is 2.62 bits per heavy atom. The van der Waals surface area contributed by atoms with Gasteiger partial charge >= 0.3 is 0 Å². The molecule has 1 aromatic heterocycles. The van der Waals surface area contributed by atoms with Crippen molar-refractivity contribution in [1.29, 1.82) is 0 Å². The normalized spacial score (nSPS) is 21.4. The molecule has 1 aromatic carbocycles. The highest BCUT2D eigenvalue weighted by molar-refractivity contribution is 5.82. The quantitative estimate of drug-likeness (QED) is 0.897. The Labute approximate surface area is 155 Å². The van der Waals surface area contributed by atoms with Gasteiger partial charge in [0.05, 0.1) is 12.1 Å². The van der Waals surface area contributed by atoms with Crippen molar-refractivity contribution in [3.8, 4) is 0 Å². The largest absolute Gasteiger partial charge is 0.334 e. The highest BCUT2D eigenvalue weighted by atomic mass is 16.2.